The smallest absolute Gasteiger partial charge is 0.340 e. The summed E-state index contributed by atoms with van der Waals surface area (Å²) < 4.78 is 10.6. The molecule has 0 spiro atoms. The van der Waals surface area contributed by atoms with E-state index in [1.54, 1.807) is 60.6 Å². The van der Waals surface area contributed by atoms with E-state index in [-0.39, 0.29) is 36.1 Å². The lowest BCUT2D eigenvalue weighted by molar-refractivity contribution is -0.136. The van der Waals surface area contributed by atoms with Crippen LogP contribution < -0.4 is 10.1 Å². The molecule has 0 aliphatic carbocycles. The number of rotatable bonds is 10. The molecular weight excluding hydrogens is 482 g/mol. The van der Waals surface area contributed by atoms with Gasteiger partial charge in [-0.05, 0) is 54.3 Å². The van der Waals surface area contributed by atoms with E-state index in [0.717, 1.165) is 17.5 Å². The highest BCUT2D eigenvalue weighted by molar-refractivity contribution is 6.16. The summed E-state index contributed by atoms with van der Waals surface area (Å²) >= 11 is 0. The predicted octanol–water partition coefficient (Wildman–Crippen LogP) is 3.69. The van der Waals surface area contributed by atoms with Gasteiger partial charge in [0, 0.05) is 24.6 Å². The number of hydrogen-bond donors (Lipinski definition) is 1. The van der Waals surface area contributed by atoms with Gasteiger partial charge in [0.05, 0.1) is 24.8 Å². The predicted molar refractivity (Wildman–Crippen MR) is 143 cm³/mol. The maximum atomic E-state index is 13.3. The minimum absolute atomic E-state index is 0.106. The number of esters is 1. The second-order valence-electron chi connectivity index (χ2n) is 8.71. The molecule has 2 heterocycles. The Morgan fingerprint density at radius 3 is 2.42 bits per heavy atom. The van der Waals surface area contributed by atoms with Crippen LogP contribution in [0.1, 0.15) is 23.6 Å². The quantitative estimate of drug-likeness (QED) is 0.329. The Balaban J connectivity index is 1.39. The average Bonchev–Trinajstić information content (AvgIpc) is 3.17. The first-order chi connectivity index (χ1) is 18.5. The van der Waals surface area contributed by atoms with Crippen LogP contribution in [0.3, 0.4) is 0 Å². The topological polar surface area (TPSA) is 97.8 Å². The molecule has 1 N–H and O–H groups in total. The molecule has 8 heteroatoms. The number of nitrogens with zero attached hydrogens (tertiary/aromatic N) is 2. The Hall–Kier alpha value is -4.72. The fourth-order valence-corrected chi connectivity index (χ4v) is 4.11. The van der Waals surface area contributed by atoms with Crippen molar-refractivity contribution >= 4 is 23.9 Å². The Morgan fingerprint density at radius 2 is 1.74 bits per heavy atom. The van der Waals surface area contributed by atoms with E-state index in [4.69, 9.17) is 9.47 Å². The highest BCUT2D eigenvalue weighted by atomic mass is 16.5. The number of methoxy groups -OCH3 is 1. The summed E-state index contributed by atoms with van der Waals surface area (Å²) in [6.07, 6.45) is 5.74. The number of carbonyl (C=O) groups is 3. The lowest BCUT2D eigenvalue weighted by Crippen LogP contribution is -2.30. The SMILES string of the molecule is COC(=O)C1=C(C)N(Cc2cccnc2)C(=O)/C1=C\c1ccc(OCC(=O)NCCc2ccccc2)cc1. The van der Waals surface area contributed by atoms with Crippen LogP contribution in [0, 0.1) is 0 Å². The van der Waals surface area contributed by atoms with Crippen LogP contribution in [-0.4, -0.2) is 47.9 Å². The molecule has 1 aliphatic rings. The summed E-state index contributed by atoms with van der Waals surface area (Å²) in [5.74, 6) is -0.560. The maximum Gasteiger partial charge on any atom is 0.340 e. The van der Waals surface area contributed by atoms with Gasteiger partial charge in [-0.15, -0.1) is 0 Å². The lowest BCUT2D eigenvalue weighted by Gasteiger charge is -2.17. The normalized spacial score (nSPS) is 14.1. The molecule has 0 saturated heterocycles. The molecule has 2 amide bonds. The van der Waals surface area contributed by atoms with Crippen LogP contribution in [0.2, 0.25) is 0 Å². The van der Waals surface area contributed by atoms with E-state index >= 15 is 0 Å². The van der Waals surface area contributed by atoms with Gasteiger partial charge in [-0.25, -0.2) is 4.79 Å². The summed E-state index contributed by atoms with van der Waals surface area (Å²) in [5, 5.41) is 2.84. The van der Waals surface area contributed by atoms with Gasteiger partial charge in [-0.1, -0.05) is 48.5 Å². The van der Waals surface area contributed by atoms with Crippen LogP contribution in [0.4, 0.5) is 0 Å². The van der Waals surface area contributed by atoms with Gasteiger partial charge in [0.2, 0.25) is 0 Å². The molecule has 3 aromatic rings. The van der Waals surface area contributed by atoms with E-state index in [1.807, 2.05) is 36.4 Å². The molecule has 0 saturated carbocycles. The highest BCUT2D eigenvalue weighted by Gasteiger charge is 2.37. The molecule has 0 bridgehead atoms. The molecule has 0 fully saturated rings. The third-order valence-corrected chi connectivity index (χ3v) is 6.10. The fourth-order valence-electron chi connectivity index (χ4n) is 4.11. The van der Waals surface area contributed by atoms with Crippen molar-refractivity contribution < 1.29 is 23.9 Å². The zero-order valence-corrected chi connectivity index (χ0v) is 21.3. The Bertz CT molecular complexity index is 1350. The van der Waals surface area contributed by atoms with Gasteiger partial charge in [-0.3, -0.25) is 14.6 Å². The first kappa shape index (κ1) is 26.3. The van der Waals surface area contributed by atoms with E-state index in [2.05, 4.69) is 10.3 Å². The number of nitrogens with one attached hydrogen (secondary N) is 1. The molecule has 194 valence electrons. The number of allylic oxidation sites excluding steroid dienone is 1. The molecular formula is C30H29N3O5. The first-order valence-corrected chi connectivity index (χ1v) is 12.2. The van der Waals surface area contributed by atoms with Crippen molar-refractivity contribution in [2.24, 2.45) is 0 Å². The second-order valence-corrected chi connectivity index (χ2v) is 8.71. The molecule has 4 rings (SSSR count). The number of carbonyl (C=O) groups excluding carboxylic acids is 3. The Morgan fingerprint density at radius 1 is 1.00 bits per heavy atom. The highest BCUT2D eigenvalue weighted by Crippen LogP contribution is 2.33. The summed E-state index contributed by atoms with van der Waals surface area (Å²) in [5.41, 5.74) is 3.70. The first-order valence-electron chi connectivity index (χ1n) is 12.2. The van der Waals surface area contributed by atoms with Gasteiger partial charge in [0.1, 0.15) is 5.75 Å². The molecule has 0 unspecified atom stereocenters. The van der Waals surface area contributed by atoms with E-state index in [1.165, 1.54) is 7.11 Å². The zero-order chi connectivity index (χ0) is 26.9. The largest absolute Gasteiger partial charge is 0.484 e. The Kier molecular flexibility index (Phi) is 8.66. The minimum atomic E-state index is -0.575. The van der Waals surface area contributed by atoms with Crippen LogP contribution in [0.5, 0.6) is 5.75 Å². The third kappa shape index (κ3) is 6.53. The molecule has 38 heavy (non-hydrogen) atoms. The van der Waals surface area contributed by atoms with Crippen molar-refractivity contribution in [1.82, 2.24) is 15.2 Å². The van der Waals surface area contributed by atoms with Crippen molar-refractivity contribution in [2.75, 3.05) is 20.3 Å². The van der Waals surface area contributed by atoms with Crippen LogP contribution in [0.15, 0.2) is 96.0 Å². The van der Waals surface area contributed by atoms with Gasteiger partial charge in [-0.2, -0.15) is 0 Å². The van der Waals surface area contributed by atoms with Crippen molar-refractivity contribution in [3.8, 4) is 5.75 Å². The van der Waals surface area contributed by atoms with E-state index in [9.17, 15) is 14.4 Å². The molecule has 1 aliphatic heterocycles. The number of ether oxygens (including phenoxy) is 2. The van der Waals surface area contributed by atoms with Crippen molar-refractivity contribution in [2.45, 2.75) is 19.9 Å². The van der Waals surface area contributed by atoms with Crippen molar-refractivity contribution in [3.63, 3.8) is 0 Å². The molecule has 1 aromatic heterocycles. The summed E-state index contributed by atoms with van der Waals surface area (Å²) in [6, 6.07) is 20.5. The molecule has 2 aromatic carbocycles. The molecule has 0 atom stereocenters. The molecule has 0 radical (unpaired) electrons. The number of pyridine rings is 1. The summed E-state index contributed by atoms with van der Waals surface area (Å²) in [7, 11) is 1.29. The van der Waals surface area contributed by atoms with Crippen LogP contribution in [0.25, 0.3) is 6.08 Å². The number of aromatic nitrogens is 1. The zero-order valence-electron chi connectivity index (χ0n) is 21.3. The monoisotopic (exact) mass is 511 g/mol. The van der Waals surface area contributed by atoms with E-state index < -0.39 is 5.97 Å². The van der Waals surface area contributed by atoms with Crippen molar-refractivity contribution in [1.29, 1.82) is 0 Å². The van der Waals surface area contributed by atoms with Gasteiger partial charge in [0.15, 0.2) is 6.61 Å². The average molecular weight is 512 g/mol. The third-order valence-electron chi connectivity index (χ3n) is 6.10. The lowest BCUT2D eigenvalue weighted by atomic mass is 10.0. The van der Waals surface area contributed by atoms with Gasteiger partial charge >= 0.3 is 5.97 Å². The standard InChI is InChI=1S/C30H29N3O5/c1-21-28(30(36)37-2)26(29(35)33(21)19-24-9-6-15-31-18-24)17-23-10-12-25(13-11-23)38-20-27(34)32-16-14-22-7-4-3-5-8-22/h3-13,15,17-18H,14,16,19-20H2,1-2H3,(H,32,34)/b26-17-. The van der Waals surface area contributed by atoms with Crippen molar-refractivity contribution in [3.05, 3.63) is 113 Å². The minimum Gasteiger partial charge on any atom is -0.484 e. The molecule has 8 nitrogen and oxygen atoms in total. The number of hydrogen-bond acceptors (Lipinski definition) is 6. The Labute approximate surface area is 221 Å². The number of amides is 2. The second kappa shape index (κ2) is 12.5. The van der Waals surface area contributed by atoms with Gasteiger partial charge in [0.25, 0.3) is 11.8 Å². The summed E-state index contributed by atoms with van der Waals surface area (Å²) in [6.45, 7) is 2.44. The van der Waals surface area contributed by atoms with Crippen LogP contribution >= 0.6 is 0 Å². The maximum absolute atomic E-state index is 13.3. The summed E-state index contributed by atoms with van der Waals surface area (Å²) in [4.78, 5) is 43.6. The van der Waals surface area contributed by atoms with Gasteiger partial charge < -0.3 is 19.7 Å². The van der Waals surface area contributed by atoms with Crippen LogP contribution in [-0.2, 0) is 32.1 Å². The number of benzene rings is 2. The van der Waals surface area contributed by atoms with E-state index in [0.29, 0.717) is 23.6 Å². The fraction of sp³-hybridized carbons (Fsp3) is 0.200.